The van der Waals surface area contributed by atoms with Crippen LogP contribution >= 0.6 is 0 Å². The molecular weight excluding hydrogens is 185 g/mol. The predicted molar refractivity (Wildman–Crippen MR) is 53.5 cm³/mol. The van der Waals surface area contributed by atoms with E-state index in [4.69, 9.17) is 10.8 Å². The van der Waals surface area contributed by atoms with E-state index in [1.54, 1.807) is 0 Å². The lowest BCUT2D eigenvalue weighted by molar-refractivity contribution is -0.136. The molecule has 0 aliphatic heterocycles. The fourth-order valence-electron chi connectivity index (χ4n) is 0.870. The average molecular weight is 199 g/mol. The molecule has 0 radical (unpaired) electrons. The highest BCUT2D eigenvalue weighted by atomic mass is 19.1. The van der Waals surface area contributed by atoms with E-state index in [1.807, 2.05) is 13.8 Å². The summed E-state index contributed by atoms with van der Waals surface area (Å²) in [5.41, 5.74) is 5.71. The third-order valence-electron chi connectivity index (χ3n) is 1.42. The highest BCUT2D eigenvalue weighted by Gasteiger charge is 2.05. The van der Waals surface area contributed by atoms with Crippen molar-refractivity contribution in [2.45, 2.75) is 20.3 Å². The van der Waals surface area contributed by atoms with Crippen LogP contribution in [0.5, 0.6) is 0 Å². The van der Waals surface area contributed by atoms with Gasteiger partial charge in [0, 0.05) is 5.69 Å². The monoisotopic (exact) mass is 199 g/mol. The third kappa shape index (κ3) is 3.89. The van der Waals surface area contributed by atoms with Gasteiger partial charge in [-0.2, -0.15) is 0 Å². The van der Waals surface area contributed by atoms with Crippen LogP contribution in [0, 0.1) is 5.82 Å². The fourth-order valence-corrected chi connectivity index (χ4v) is 0.870. The molecule has 3 N–H and O–H groups in total. The van der Waals surface area contributed by atoms with Gasteiger partial charge in [-0.05, 0) is 17.7 Å². The van der Waals surface area contributed by atoms with Crippen LogP contribution in [-0.4, -0.2) is 11.1 Å². The molecule has 1 rings (SSSR count). The van der Waals surface area contributed by atoms with Gasteiger partial charge in [0.05, 0.1) is 6.42 Å². The maximum Gasteiger partial charge on any atom is 0.307 e. The Balaban J connectivity index is 0.000000791. The predicted octanol–water partition coefficient (Wildman–Crippen LogP) is 2.06. The molecule has 0 saturated carbocycles. The van der Waals surface area contributed by atoms with Crippen molar-refractivity contribution in [3.8, 4) is 0 Å². The Kier molecular flexibility index (Phi) is 5.29. The van der Waals surface area contributed by atoms with Gasteiger partial charge in [-0.25, -0.2) is 4.39 Å². The minimum Gasteiger partial charge on any atom is -0.481 e. The van der Waals surface area contributed by atoms with Crippen LogP contribution in [-0.2, 0) is 11.2 Å². The van der Waals surface area contributed by atoms with E-state index in [2.05, 4.69) is 0 Å². The largest absolute Gasteiger partial charge is 0.481 e. The summed E-state index contributed by atoms with van der Waals surface area (Å²) in [4.78, 5) is 10.2. The van der Waals surface area contributed by atoms with E-state index >= 15 is 0 Å². The second-order valence-electron chi connectivity index (χ2n) is 2.42. The summed E-state index contributed by atoms with van der Waals surface area (Å²) in [6.07, 6.45) is -0.313. The number of hydrogen-bond acceptors (Lipinski definition) is 2. The normalized spacial score (nSPS) is 8.79. The number of rotatable bonds is 2. The van der Waals surface area contributed by atoms with Crippen molar-refractivity contribution in [2.24, 2.45) is 0 Å². The van der Waals surface area contributed by atoms with Crippen LogP contribution in [0.4, 0.5) is 10.1 Å². The van der Waals surface area contributed by atoms with Crippen molar-refractivity contribution in [2.75, 3.05) is 5.73 Å². The van der Waals surface area contributed by atoms with E-state index in [0.29, 0.717) is 5.69 Å². The number of hydrogen-bond donors (Lipinski definition) is 2. The van der Waals surface area contributed by atoms with Gasteiger partial charge < -0.3 is 10.8 Å². The molecule has 0 heterocycles. The van der Waals surface area contributed by atoms with Crippen molar-refractivity contribution in [1.29, 1.82) is 0 Å². The molecule has 0 amide bonds. The average Bonchev–Trinajstić information content (AvgIpc) is 2.13. The molecule has 1 aromatic carbocycles. The van der Waals surface area contributed by atoms with Crippen molar-refractivity contribution in [1.82, 2.24) is 0 Å². The Morgan fingerprint density at radius 3 is 2.50 bits per heavy atom. The molecule has 0 saturated heterocycles. The molecule has 0 fully saturated rings. The number of halogens is 1. The van der Waals surface area contributed by atoms with Gasteiger partial charge in [-0.15, -0.1) is 0 Å². The lowest BCUT2D eigenvalue weighted by Gasteiger charge is -1.99. The zero-order valence-corrected chi connectivity index (χ0v) is 8.25. The number of nitrogens with two attached hydrogens (primary N) is 1. The maximum absolute atomic E-state index is 12.9. The first-order valence-electron chi connectivity index (χ1n) is 4.35. The second-order valence-corrected chi connectivity index (χ2v) is 2.42. The van der Waals surface area contributed by atoms with Crippen molar-refractivity contribution >= 4 is 11.7 Å². The fraction of sp³-hybridized carbons (Fsp3) is 0.300. The third-order valence-corrected chi connectivity index (χ3v) is 1.42. The van der Waals surface area contributed by atoms with Gasteiger partial charge in [0.25, 0.3) is 0 Å². The molecular formula is C10H14FNO2. The minimum absolute atomic E-state index is 0.150. The van der Waals surface area contributed by atoms with Crippen LogP contribution in [0.1, 0.15) is 19.4 Å². The molecule has 0 atom stereocenters. The molecule has 14 heavy (non-hydrogen) atoms. The van der Waals surface area contributed by atoms with Gasteiger partial charge in [0.2, 0.25) is 0 Å². The molecule has 0 aliphatic carbocycles. The zero-order chi connectivity index (χ0) is 11.1. The lowest BCUT2D eigenvalue weighted by Crippen LogP contribution is -2.02. The summed E-state index contributed by atoms with van der Waals surface area (Å²) in [6.45, 7) is 4.00. The second kappa shape index (κ2) is 5.96. The van der Waals surface area contributed by atoms with E-state index in [0.717, 1.165) is 6.07 Å². The first kappa shape index (κ1) is 12.4. The summed E-state index contributed by atoms with van der Waals surface area (Å²) in [5.74, 6) is -1.63. The van der Waals surface area contributed by atoms with Crippen molar-refractivity contribution < 1.29 is 14.3 Å². The first-order valence-corrected chi connectivity index (χ1v) is 4.35. The van der Waals surface area contributed by atoms with Gasteiger partial charge in [0.1, 0.15) is 5.82 Å². The quantitative estimate of drug-likeness (QED) is 0.716. The summed E-state index contributed by atoms with van der Waals surface area (Å²) in [6, 6.07) is 3.96. The highest BCUT2D eigenvalue weighted by molar-refractivity contribution is 5.70. The number of nitrogen functional groups attached to an aromatic ring is 1. The van der Waals surface area contributed by atoms with Gasteiger partial charge >= 0.3 is 5.97 Å². The minimum atomic E-state index is -1.06. The number of carboxylic acid groups (broad SMARTS) is 1. The Morgan fingerprint density at radius 2 is 2.07 bits per heavy atom. The lowest BCUT2D eigenvalue weighted by atomic mass is 10.1. The first-order chi connectivity index (χ1) is 6.59. The number of benzene rings is 1. The molecule has 3 nitrogen and oxygen atoms in total. The topological polar surface area (TPSA) is 63.3 Å². The van der Waals surface area contributed by atoms with E-state index in [9.17, 15) is 9.18 Å². The number of anilines is 1. The summed E-state index contributed by atoms with van der Waals surface area (Å²) < 4.78 is 12.9. The molecule has 0 bridgehead atoms. The Morgan fingerprint density at radius 1 is 1.50 bits per heavy atom. The van der Waals surface area contributed by atoms with Crippen molar-refractivity contribution in [3.63, 3.8) is 0 Å². The SMILES string of the molecule is CC.Nc1ccc(CC(=O)O)c(F)c1. The van der Waals surface area contributed by atoms with E-state index in [-0.39, 0.29) is 12.0 Å². The number of aliphatic carboxylic acids is 1. The maximum atomic E-state index is 12.9. The highest BCUT2D eigenvalue weighted by Crippen LogP contribution is 2.11. The molecule has 0 aliphatic rings. The molecule has 0 aromatic heterocycles. The van der Waals surface area contributed by atoms with E-state index < -0.39 is 11.8 Å². The molecule has 4 heteroatoms. The van der Waals surface area contributed by atoms with Crippen LogP contribution in [0.15, 0.2) is 18.2 Å². The molecule has 1 aromatic rings. The van der Waals surface area contributed by atoms with Crippen LogP contribution in [0.2, 0.25) is 0 Å². The summed E-state index contributed by atoms with van der Waals surface area (Å²) >= 11 is 0. The Bertz CT molecular complexity index is 313. The molecule has 78 valence electrons. The number of carbonyl (C=O) groups is 1. The standard InChI is InChI=1S/C8H8FNO2.C2H6/c9-7-4-6(10)2-1-5(7)3-8(11)12;1-2/h1-2,4H,3,10H2,(H,11,12);1-2H3. The van der Waals surface area contributed by atoms with Crippen LogP contribution < -0.4 is 5.73 Å². The zero-order valence-electron chi connectivity index (χ0n) is 8.25. The van der Waals surface area contributed by atoms with Gasteiger partial charge in [-0.1, -0.05) is 19.9 Å². The van der Waals surface area contributed by atoms with Gasteiger partial charge in [0.15, 0.2) is 0 Å². The summed E-state index contributed by atoms with van der Waals surface area (Å²) in [5, 5.41) is 8.36. The molecule has 0 unspecified atom stereocenters. The van der Waals surface area contributed by atoms with Crippen molar-refractivity contribution in [3.05, 3.63) is 29.6 Å². The van der Waals surface area contributed by atoms with Gasteiger partial charge in [-0.3, -0.25) is 4.79 Å². The number of carboxylic acids is 1. The Labute approximate surface area is 82.4 Å². The smallest absolute Gasteiger partial charge is 0.307 e. The summed E-state index contributed by atoms with van der Waals surface area (Å²) in [7, 11) is 0. The van der Waals surface area contributed by atoms with Crippen LogP contribution in [0.3, 0.4) is 0 Å². The van der Waals surface area contributed by atoms with Crippen LogP contribution in [0.25, 0.3) is 0 Å². The van der Waals surface area contributed by atoms with E-state index in [1.165, 1.54) is 12.1 Å². The molecule has 0 spiro atoms. The Hall–Kier alpha value is -1.58.